The van der Waals surface area contributed by atoms with Crippen LogP contribution in [0.2, 0.25) is 0 Å². The molecule has 3 nitrogen and oxygen atoms in total. The lowest BCUT2D eigenvalue weighted by Gasteiger charge is -2.34. The molecule has 0 aromatic heterocycles. The maximum atomic E-state index is 10.3. The molecule has 0 heterocycles. The van der Waals surface area contributed by atoms with Gasteiger partial charge >= 0.3 is 0 Å². The third kappa shape index (κ3) is 4.16. The van der Waals surface area contributed by atoms with Gasteiger partial charge in [-0.15, -0.1) is 0 Å². The van der Waals surface area contributed by atoms with Crippen LogP contribution in [0, 0.1) is 5.92 Å². The Morgan fingerprint density at radius 2 is 1.71 bits per heavy atom. The topological polar surface area (TPSA) is 55.5 Å². The lowest BCUT2D eigenvalue weighted by molar-refractivity contribution is 0.0561. The Kier molecular flexibility index (Phi) is 5.89. The average Bonchev–Trinajstić information content (AvgIpc) is 2.64. The molecule has 2 aromatic rings. The minimum atomic E-state index is -0.221. The summed E-state index contributed by atoms with van der Waals surface area (Å²) in [5.74, 6) is 1.37. The molecular formula is C21H27NO2. The first kappa shape index (κ1) is 17.0. The van der Waals surface area contributed by atoms with E-state index >= 15 is 0 Å². The first-order valence-corrected chi connectivity index (χ1v) is 8.92. The Morgan fingerprint density at radius 1 is 1.00 bits per heavy atom. The van der Waals surface area contributed by atoms with Crippen molar-refractivity contribution in [3.05, 3.63) is 65.7 Å². The molecule has 3 heteroatoms. The minimum Gasteiger partial charge on any atom is -0.489 e. The van der Waals surface area contributed by atoms with Crippen LogP contribution in [-0.4, -0.2) is 17.8 Å². The molecule has 3 N–H and O–H groups in total. The number of ether oxygens (including phenoxy) is 1. The van der Waals surface area contributed by atoms with Gasteiger partial charge in [0, 0.05) is 5.92 Å². The van der Waals surface area contributed by atoms with Crippen molar-refractivity contribution in [1.29, 1.82) is 0 Å². The van der Waals surface area contributed by atoms with Crippen LogP contribution >= 0.6 is 0 Å². The molecule has 3 atom stereocenters. The Hall–Kier alpha value is -1.84. The zero-order chi connectivity index (χ0) is 16.8. The van der Waals surface area contributed by atoms with Crippen LogP contribution < -0.4 is 10.5 Å². The second kappa shape index (κ2) is 8.32. The van der Waals surface area contributed by atoms with Gasteiger partial charge in [0.05, 0.1) is 6.10 Å². The van der Waals surface area contributed by atoms with Crippen molar-refractivity contribution >= 4 is 0 Å². The molecule has 1 aliphatic carbocycles. The number of aliphatic hydroxyl groups excluding tert-OH is 1. The van der Waals surface area contributed by atoms with E-state index in [0.717, 1.165) is 30.6 Å². The van der Waals surface area contributed by atoms with Crippen molar-refractivity contribution in [3.8, 4) is 5.75 Å². The van der Waals surface area contributed by atoms with Crippen molar-refractivity contribution in [2.45, 2.75) is 44.3 Å². The summed E-state index contributed by atoms with van der Waals surface area (Å²) in [4.78, 5) is 0. The van der Waals surface area contributed by atoms with Gasteiger partial charge in [-0.25, -0.2) is 0 Å². The zero-order valence-corrected chi connectivity index (χ0v) is 14.1. The fourth-order valence-corrected chi connectivity index (χ4v) is 3.72. The van der Waals surface area contributed by atoms with Crippen LogP contribution in [0.15, 0.2) is 54.6 Å². The monoisotopic (exact) mass is 325 g/mol. The summed E-state index contributed by atoms with van der Waals surface area (Å²) in [6.07, 6.45) is 4.06. The van der Waals surface area contributed by atoms with Crippen LogP contribution in [0.5, 0.6) is 5.75 Å². The molecule has 0 radical (unpaired) electrons. The largest absolute Gasteiger partial charge is 0.489 e. The highest BCUT2D eigenvalue weighted by Gasteiger charge is 2.30. The quantitative estimate of drug-likeness (QED) is 0.848. The molecule has 0 spiro atoms. The Labute approximate surface area is 144 Å². The first-order valence-electron chi connectivity index (χ1n) is 8.92. The number of benzene rings is 2. The highest BCUT2D eigenvalue weighted by molar-refractivity contribution is 5.30. The van der Waals surface area contributed by atoms with E-state index in [1.165, 1.54) is 12.0 Å². The molecule has 1 fully saturated rings. The summed E-state index contributed by atoms with van der Waals surface area (Å²) in [5, 5.41) is 10.3. The average molecular weight is 325 g/mol. The smallest absolute Gasteiger partial charge is 0.119 e. The van der Waals surface area contributed by atoms with Gasteiger partial charge in [0.25, 0.3) is 0 Å². The molecule has 0 saturated heterocycles. The predicted octanol–water partition coefficient (Wildman–Crippen LogP) is 3.86. The van der Waals surface area contributed by atoms with Gasteiger partial charge < -0.3 is 15.6 Å². The fourth-order valence-electron chi connectivity index (χ4n) is 3.72. The highest BCUT2D eigenvalue weighted by atomic mass is 16.5. The van der Waals surface area contributed by atoms with Crippen molar-refractivity contribution in [3.63, 3.8) is 0 Å². The minimum absolute atomic E-state index is 0.221. The maximum Gasteiger partial charge on any atom is 0.119 e. The molecule has 2 aromatic carbocycles. The highest BCUT2D eigenvalue weighted by Crippen LogP contribution is 2.36. The van der Waals surface area contributed by atoms with Gasteiger partial charge in [-0.3, -0.25) is 0 Å². The number of nitrogens with two attached hydrogens (primary N) is 1. The lowest BCUT2D eigenvalue weighted by Crippen LogP contribution is -2.33. The second-order valence-corrected chi connectivity index (χ2v) is 6.70. The van der Waals surface area contributed by atoms with E-state index < -0.39 is 0 Å². The number of rotatable bonds is 6. The van der Waals surface area contributed by atoms with Crippen molar-refractivity contribution in [2.75, 3.05) is 6.54 Å². The van der Waals surface area contributed by atoms with E-state index in [9.17, 15) is 5.11 Å². The number of hydrogen-bond donors (Lipinski definition) is 2. The maximum absolute atomic E-state index is 10.3. The van der Waals surface area contributed by atoms with Gasteiger partial charge in [-0.1, -0.05) is 55.3 Å². The van der Waals surface area contributed by atoms with E-state index in [1.807, 2.05) is 30.3 Å². The Morgan fingerprint density at radius 3 is 2.38 bits per heavy atom. The summed E-state index contributed by atoms with van der Waals surface area (Å²) in [7, 11) is 0. The van der Waals surface area contributed by atoms with Gasteiger partial charge in [0.1, 0.15) is 12.4 Å². The van der Waals surface area contributed by atoms with Gasteiger partial charge in [-0.2, -0.15) is 0 Å². The van der Waals surface area contributed by atoms with Gasteiger partial charge in [0.2, 0.25) is 0 Å². The fraction of sp³-hybridized carbons (Fsp3) is 0.429. The van der Waals surface area contributed by atoms with Gasteiger partial charge in [-0.05, 0) is 48.6 Å². The van der Waals surface area contributed by atoms with Crippen molar-refractivity contribution < 1.29 is 9.84 Å². The van der Waals surface area contributed by atoms with E-state index in [0.29, 0.717) is 13.2 Å². The van der Waals surface area contributed by atoms with E-state index in [4.69, 9.17) is 10.5 Å². The number of hydrogen-bond acceptors (Lipinski definition) is 3. The zero-order valence-electron chi connectivity index (χ0n) is 14.1. The molecule has 24 heavy (non-hydrogen) atoms. The van der Waals surface area contributed by atoms with E-state index in [2.05, 4.69) is 24.3 Å². The summed E-state index contributed by atoms with van der Waals surface area (Å²) >= 11 is 0. The second-order valence-electron chi connectivity index (χ2n) is 6.70. The van der Waals surface area contributed by atoms with Crippen molar-refractivity contribution in [1.82, 2.24) is 0 Å². The molecule has 1 aliphatic rings. The summed E-state index contributed by atoms with van der Waals surface area (Å²) in [6, 6.07) is 18.4. The Balaban J connectivity index is 1.64. The third-order valence-corrected chi connectivity index (χ3v) is 5.11. The molecule has 128 valence electrons. The van der Waals surface area contributed by atoms with E-state index in [-0.39, 0.29) is 17.9 Å². The van der Waals surface area contributed by atoms with Gasteiger partial charge in [0.15, 0.2) is 0 Å². The summed E-state index contributed by atoms with van der Waals surface area (Å²) in [6.45, 7) is 1.15. The molecule has 3 rings (SSSR count). The molecule has 0 aliphatic heterocycles. The molecule has 0 amide bonds. The molecule has 2 unspecified atom stereocenters. The Bertz CT molecular complexity index is 611. The summed E-state index contributed by atoms with van der Waals surface area (Å²) in [5.41, 5.74) is 8.39. The van der Waals surface area contributed by atoms with Crippen LogP contribution in [-0.2, 0) is 6.61 Å². The van der Waals surface area contributed by atoms with Crippen LogP contribution in [0.4, 0.5) is 0 Å². The standard InChI is InChI=1S/C21H27NO2/c22-14-20(19-8-4-5-9-21(19)23)17-10-12-18(13-11-17)24-15-16-6-2-1-3-7-16/h1-3,6-7,10-13,19-21,23H,4-5,8-9,14-15,22H2/t19?,20?,21-/m0/s1. The summed E-state index contributed by atoms with van der Waals surface area (Å²) < 4.78 is 5.85. The third-order valence-electron chi connectivity index (χ3n) is 5.11. The van der Waals surface area contributed by atoms with E-state index in [1.54, 1.807) is 0 Å². The van der Waals surface area contributed by atoms with Crippen LogP contribution in [0.1, 0.15) is 42.7 Å². The predicted molar refractivity (Wildman–Crippen MR) is 97.0 cm³/mol. The molecular weight excluding hydrogens is 298 g/mol. The van der Waals surface area contributed by atoms with Crippen LogP contribution in [0.3, 0.4) is 0 Å². The SMILES string of the molecule is NCC(c1ccc(OCc2ccccc2)cc1)C1CCCC[C@@H]1O. The molecule has 1 saturated carbocycles. The number of aliphatic hydroxyl groups is 1. The normalized spacial score (nSPS) is 22.1. The molecule has 0 bridgehead atoms. The lowest BCUT2D eigenvalue weighted by atomic mass is 9.75. The first-order chi connectivity index (χ1) is 11.8. The van der Waals surface area contributed by atoms with Crippen LogP contribution in [0.25, 0.3) is 0 Å². The van der Waals surface area contributed by atoms with Crippen molar-refractivity contribution in [2.24, 2.45) is 11.7 Å².